The SMILES string of the molecule is NC(=O)c1cc(N)ccc1Nc1ccc(I)cc1. The average Bonchev–Trinajstić information content (AvgIpc) is 2.34. The molecule has 0 fully saturated rings. The van der Waals surface area contributed by atoms with E-state index in [-0.39, 0.29) is 0 Å². The number of hydrogen-bond donors (Lipinski definition) is 3. The molecule has 0 bridgehead atoms. The molecule has 18 heavy (non-hydrogen) atoms. The van der Waals surface area contributed by atoms with Gasteiger partial charge in [0.25, 0.3) is 5.91 Å². The Labute approximate surface area is 119 Å². The summed E-state index contributed by atoms with van der Waals surface area (Å²) in [4.78, 5) is 11.3. The van der Waals surface area contributed by atoms with Crippen LogP contribution < -0.4 is 16.8 Å². The Bertz CT molecular complexity index is 581. The van der Waals surface area contributed by atoms with Crippen LogP contribution in [0.15, 0.2) is 42.5 Å². The van der Waals surface area contributed by atoms with Crippen LogP contribution >= 0.6 is 22.6 Å². The fraction of sp³-hybridized carbons (Fsp3) is 0. The number of nitrogen functional groups attached to an aromatic ring is 1. The lowest BCUT2D eigenvalue weighted by Gasteiger charge is -2.10. The highest BCUT2D eigenvalue weighted by Gasteiger charge is 2.08. The number of halogens is 1. The lowest BCUT2D eigenvalue weighted by Crippen LogP contribution is -2.13. The van der Waals surface area contributed by atoms with E-state index in [2.05, 4.69) is 27.9 Å². The molecule has 0 heterocycles. The Kier molecular flexibility index (Phi) is 3.71. The molecule has 0 saturated heterocycles. The molecule has 1 amide bonds. The van der Waals surface area contributed by atoms with E-state index in [0.717, 1.165) is 9.26 Å². The first-order valence-corrected chi connectivity index (χ1v) is 6.36. The summed E-state index contributed by atoms with van der Waals surface area (Å²) in [6.45, 7) is 0. The second-order valence-corrected chi connectivity index (χ2v) is 5.05. The second-order valence-electron chi connectivity index (χ2n) is 3.80. The van der Waals surface area contributed by atoms with Gasteiger partial charge in [0, 0.05) is 14.9 Å². The monoisotopic (exact) mass is 353 g/mol. The molecular weight excluding hydrogens is 341 g/mol. The van der Waals surface area contributed by atoms with Crippen molar-refractivity contribution in [1.82, 2.24) is 0 Å². The molecule has 0 aliphatic heterocycles. The quantitative estimate of drug-likeness (QED) is 0.586. The van der Waals surface area contributed by atoms with Gasteiger partial charge in [-0.25, -0.2) is 0 Å². The highest BCUT2D eigenvalue weighted by molar-refractivity contribution is 14.1. The Hall–Kier alpha value is -1.76. The maximum Gasteiger partial charge on any atom is 0.250 e. The summed E-state index contributed by atoms with van der Waals surface area (Å²) in [5.74, 6) is -0.504. The Morgan fingerprint density at radius 1 is 1.11 bits per heavy atom. The van der Waals surface area contributed by atoms with Crippen LogP contribution in [0.5, 0.6) is 0 Å². The molecular formula is C13H12IN3O. The summed E-state index contributed by atoms with van der Waals surface area (Å²) in [5.41, 5.74) is 13.4. The van der Waals surface area contributed by atoms with E-state index in [1.807, 2.05) is 24.3 Å². The summed E-state index contributed by atoms with van der Waals surface area (Å²) in [6, 6.07) is 12.9. The van der Waals surface area contributed by atoms with Crippen molar-refractivity contribution in [3.05, 3.63) is 51.6 Å². The normalized spacial score (nSPS) is 10.1. The van der Waals surface area contributed by atoms with Gasteiger partial charge in [0.05, 0.1) is 11.3 Å². The summed E-state index contributed by atoms with van der Waals surface area (Å²) < 4.78 is 1.14. The number of nitrogens with two attached hydrogens (primary N) is 2. The third kappa shape index (κ3) is 2.92. The maximum atomic E-state index is 11.3. The number of benzene rings is 2. The van der Waals surface area contributed by atoms with Gasteiger partial charge < -0.3 is 16.8 Å². The van der Waals surface area contributed by atoms with Crippen molar-refractivity contribution in [2.75, 3.05) is 11.1 Å². The van der Waals surface area contributed by atoms with Gasteiger partial charge in [-0.3, -0.25) is 4.79 Å². The molecule has 0 aromatic heterocycles. The number of nitrogens with one attached hydrogen (secondary N) is 1. The van der Waals surface area contributed by atoms with E-state index >= 15 is 0 Å². The lowest BCUT2D eigenvalue weighted by atomic mass is 10.1. The zero-order chi connectivity index (χ0) is 13.1. The van der Waals surface area contributed by atoms with E-state index in [4.69, 9.17) is 11.5 Å². The van der Waals surface area contributed by atoms with Crippen molar-refractivity contribution in [1.29, 1.82) is 0 Å². The molecule has 0 unspecified atom stereocenters. The Morgan fingerprint density at radius 3 is 2.39 bits per heavy atom. The molecule has 4 nitrogen and oxygen atoms in total. The molecule has 0 radical (unpaired) electrons. The molecule has 5 N–H and O–H groups in total. The summed E-state index contributed by atoms with van der Waals surface area (Å²) in [5, 5.41) is 3.15. The van der Waals surface area contributed by atoms with Crippen LogP contribution in [0.2, 0.25) is 0 Å². The molecule has 0 atom stereocenters. The van der Waals surface area contributed by atoms with Gasteiger partial charge in [0.1, 0.15) is 0 Å². The molecule has 2 aromatic carbocycles. The van der Waals surface area contributed by atoms with E-state index in [1.165, 1.54) is 0 Å². The number of carbonyl (C=O) groups is 1. The number of carbonyl (C=O) groups excluding carboxylic acids is 1. The van der Waals surface area contributed by atoms with Crippen LogP contribution in [0, 0.1) is 3.57 Å². The minimum atomic E-state index is -0.504. The smallest absolute Gasteiger partial charge is 0.250 e. The highest BCUT2D eigenvalue weighted by atomic mass is 127. The summed E-state index contributed by atoms with van der Waals surface area (Å²) in [7, 11) is 0. The zero-order valence-electron chi connectivity index (χ0n) is 9.48. The largest absolute Gasteiger partial charge is 0.399 e. The van der Waals surface area contributed by atoms with Crippen LogP contribution in [0.1, 0.15) is 10.4 Å². The molecule has 2 rings (SSSR count). The number of amides is 1. The zero-order valence-corrected chi connectivity index (χ0v) is 11.6. The Balaban J connectivity index is 2.34. The first-order chi connectivity index (χ1) is 8.56. The van der Waals surface area contributed by atoms with Crippen molar-refractivity contribution in [3.63, 3.8) is 0 Å². The van der Waals surface area contributed by atoms with Crippen LogP contribution in [0.4, 0.5) is 17.1 Å². The van der Waals surface area contributed by atoms with Crippen LogP contribution in [-0.2, 0) is 0 Å². The van der Waals surface area contributed by atoms with Gasteiger partial charge in [0.2, 0.25) is 0 Å². The third-order valence-corrected chi connectivity index (χ3v) is 3.15. The molecule has 2 aromatic rings. The predicted molar refractivity (Wildman–Crippen MR) is 81.8 cm³/mol. The van der Waals surface area contributed by atoms with Gasteiger partial charge in [-0.2, -0.15) is 0 Å². The van der Waals surface area contributed by atoms with Gasteiger partial charge >= 0.3 is 0 Å². The number of primary amides is 1. The average molecular weight is 353 g/mol. The minimum Gasteiger partial charge on any atom is -0.399 e. The van der Waals surface area contributed by atoms with Crippen molar-refractivity contribution in [2.45, 2.75) is 0 Å². The lowest BCUT2D eigenvalue weighted by molar-refractivity contribution is 0.100. The number of rotatable bonds is 3. The van der Waals surface area contributed by atoms with Gasteiger partial charge in [-0.1, -0.05) is 0 Å². The van der Waals surface area contributed by atoms with Crippen molar-refractivity contribution < 1.29 is 4.79 Å². The van der Waals surface area contributed by atoms with Gasteiger partial charge in [-0.15, -0.1) is 0 Å². The highest BCUT2D eigenvalue weighted by Crippen LogP contribution is 2.23. The minimum absolute atomic E-state index is 0.383. The van der Waals surface area contributed by atoms with Crippen LogP contribution in [0.25, 0.3) is 0 Å². The first kappa shape index (κ1) is 12.7. The molecule has 0 aliphatic carbocycles. The topological polar surface area (TPSA) is 81.1 Å². The van der Waals surface area contributed by atoms with Gasteiger partial charge in [0.15, 0.2) is 0 Å². The molecule has 0 saturated carbocycles. The molecule has 0 spiro atoms. The molecule has 0 aliphatic rings. The molecule has 92 valence electrons. The summed E-state index contributed by atoms with van der Waals surface area (Å²) >= 11 is 2.23. The third-order valence-electron chi connectivity index (χ3n) is 2.43. The standard InChI is InChI=1S/C13H12IN3O/c14-8-1-4-10(5-2-8)17-12-6-3-9(15)7-11(12)13(16)18/h1-7,17H,15H2,(H2,16,18). The number of hydrogen-bond acceptors (Lipinski definition) is 3. The maximum absolute atomic E-state index is 11.3. The predicted octanol–water partition coefficient (Wildman–Crippen LogP) is 2.72. The summed E-state index contributed by atoms with van der Waals surface area (Å²) in [6.07, 6.45) is 0. The van der Waals surface area contributed by atoms with E-state index in [9.17, 15) is 4.79 Å². The van der Waals surface area contributed by atoms with E-state index < -0.39 is 5.91 Å². The van der Waals surface area contributed by atoms with Crippen molar-refractivity contribution in [3.8, 4) is 0 Å². The van der Waals surface area contributed by atoms with E-state index in [0.29, 0.717) is 16.9 Å². The van der Waals surface area contributed by atoms with Crippen molar-refractivity contribution >= 4 is 45.6 Å². The Morgan fingerprint density at radius 2 is 1.78 bits per heavy atom. The fourth-order valence-electron chi connectivity index (χ4n) is 1.56. The van der Waals surface area contributed by atoms with Crippen molar-refractivity contribution in [2.24, 2.45) is 5.73 Å². The fourth-order valence-corrected chi connectivity index (χ4v) is 1.92. The van der Waals surface area contributed by atoms with Crippen LogP contribution in [0.3, 0.4) is 0 Å². The first-order valence-electron chi connectivity index (χ1n) is 5.28. The molecule has 5 heteroatoms. The van der Waals surface area contributed by atoms with Crippen LogP contribution in [-0.4, -0.2) is 5.91 Å². The van der Waals surface area contributed by atoms with E-state index in [1.54, 1.807) is 18.2 Å². The number of anilines is 3. The van der Waals surface area contributed by atoms with Gasteiger partial charge in [-0.05, 0) is 65.1 Å². The second kappa shape index (κ2) is 5.26.